The first-order chi connectivity index (χ1) is 7.35. The maximum absolute atomic E-state index is 5.55. The summed E-state index contributed by atoms with van der Waals surface area (Å²) in [5, 5.41) is 4.27. The van der Waals surface area contributed by atoms with Crippen LogP contribution in [0.1, 0.15) is 6.04 Å². The Morgan fingerprint density at radius 1 is 1.53 bits per heavy atom. The van der Waals surface area contributed by atoms with E-state index < -0.39 is 0 Å². The first-order valence-corrected chi connectivity index (χ1v) is 5.29. The second-order valence-corrected chi connectivity index (χ2v) is 3.88. The molecule has 1 aliphatic rings. The van der Waals surface area contributed by atoms with Gasteiger partial charge in [0.25, 0.3) is 0 Å². The Morgan fingerprint density at radius 2 is 2.40 bits per heavy atom. The van der Waals surface area contributed by atoms with Crippen LogP contribution in [0.2, 0.25) is 0 Å². The van der Waals surface area contributed by atoms with Gasteiger partial charge in [-0.15, -0.1) is 0 Å². The van der Waals surface area contributed by atoms with Crippen LogP contribution >= 0.6 is 0 Å². The molecule has 5 nitrogen and oxygen atoms in total. The predicted molar refractivity (Wildman–Crippen MR) is 57.6 cm³/mol. The van der Waals surface area contributed by atoms with Gasteiger partial charge in [0, 0.05) is 45.7 Å². The van der Waals surface area contributed by atoms with Gasteiger partial charge in [0.15, 0.2) is 0 Å². The Balaban J connectivity index is 2.04. The minimum atomic E-state index is 0.219. The van der Waals surface area contributed by atoms with Gasteiger partial charge in [-0.3, -0.25) is 9.58 Å². The number of hydrogen-bond donors (Lipinski definition) is 1. The van der Waals surface area contributed by atoms with Crippen molar-refractivity contribution in [2.75, 3.05) is 33.3 Å². The van der Waals surface area contributed by atoms with Crippen molar-refractivity contribution < 1.29 is 4.74 Å². The summed E-state index contributed by atoms with van der Waals surface area (Å²) >= 11 is 0. The Morgan fingerprint density at radius 3 is 3.00 bits per heavy atom. The second kappa shape index (κ2) is 4.74. The third kappa shape index (κ3) is 2.19. The van der Waals surface area contributed by atoms with Crippen molar-refractivity contribution in [3.8, 4) is 0 Å². The van der Waals surface area contributed by atoms with E-state index in [2.05, 4.69) is 10.00 Å². The topological polar surface area (TPSA) is 56.3 Å². The molecule has 1 aromatic rings. The molecule has 0 spiro atoms. The van der Waals surface area contributed by atoms with Crippen molar-refractivity contribution in [2.45, 2.75) is 12.1 Å². The smallest absolute Gasteiger partial charge is 0.0934 e. The summed E-state index contributed by atoms with van der Waals surface area (Å²) in [7, 11) is 1.76. The monoisotopic (exact) mass is 210 g/mol. The van der Waals surface area contributed by atoms with Gasteiger partial charge in [-0.05, 0) is 6.07 Å². The molecule has 0 aromatic carbocycles. The quantitative estimate of drug-likeness (QED) is 0.742. The van der Waals surface area contributed by atoms with E-state index >= 15 is 0 Å². The van der Waals surface area contributed by atoms with Crippen LogP contribution in [0, 0.1) is 0 Å². The molecule has 2 heterocycles. The SMILES string of the molecule is CO[C@@H]1CN(CCN)C[C@@H]1n1cccn1. The average Bonchev–Trinajstić information content (AvgIpc) is 2.84. The summed E-state index contributed by atoms with van der Waals surface area (Å²) in [6.07, 6.45) is 4.01. The highest BCUT2D eigenvalue weighted by atomic mass is 16.5. The fourth-order valence-electron chi connectivity index (χ4n) is 2.16. The van der Waals surface area contributed by atoms with E-state index in [4.69, 9.17) is 10.5 Å². The lowest BCUT2D eigenvalue weighted by Gasteiger charge is -2.16. The number of methoxy groups -OCH3 is 1. The number of nitrogens with two attached hydrogens (primary N) is 1. The van der Waals surface area contributed by atoms with Crippen molar-refractivity contribution in [2.24, 2.45) is 5.73 Å². The Labute approximate surface area is 89.8 Å². The lowest BCUT2D eigenvalue weighted by Crippen LogP contribution is -2.28. The molecule has 0 radical (unpaired) electrons. The summed E-state index contributed by atoms with van der Waals surface area (Å²) < 4.78 is 7.46. The maximum atomic E-state index is 5.55. The van der Waals surface area contributed by atoms with Crippen LogP contribution in [-0.2, 0) is 4.74 Å². The Bertz CT molecular complexity index is 288. The number of rotatable bonds is 4. The molecule has 1 aliphatic heterocycles. The van der Waals surface area contributed by atoms with Crippen LogP contribution in [0.25, 0.3) is 0 Å². The molecule has 2 atom stereocenters. The molecule has 0 saturated carbocycles. The first kappa shape index (κ1) is 10.6. The van der Waals surface area contributed by atoms with Gasteiger partial charge in [0.05, 0.1) is 12.1 Å². The Hall–Kier alpha value is -0.910. The summed E-state index contributed by atoms with van der Waals surface area (Å²) in [6.45, 7) is 3.54. The number of ether oxygens (including phenoxy) is 1. The van der Waals surface area contributed by atoms with Crippen molar-refractivity contribution in [3.63, 3.8) is 0 Å². The van der Waals surface area contributed by atoms with Crippen LogP contribution in [0.3, 0.4) is 0 Å². The van der Waals surface area contributed by atoms with E-state index in [1.807, 2.05) is 16.9 Å². The van der Waals surface area contributed by atoms with Crippen LogP contribution in [-0.4, -0.2) is 54.1 Å². The average molecular weight is 210 g/mol. The summed E-state index contributed by atoms with van der Waals surface area (Å²) in [5.41, 5.74) is 5.55. The van der Waals surface area contributed by atoms with E-state index in [1.165, 1.54) is 0 Å². The molecular formula is C10H18N4O. The minimum Gasteiger partial charge on any atom is -0.378 e. The molecule has 0 aliphatic carbocycles. The molecule has 84 valence electrons. The van der Waals surface area contributed by atoms with Gasteiger partial charge < -0.3 is 10.5 Å². The molecule has 1 fully saturated rings. The highest BCUT2D eigenvalue weighted by molar-refractivity contribution is 4.92. The zero-order chi connectivity index (χ0) is 10.7. The molecular weight excluding hydrogens is 192 g/mol. The van der Waals surface area contributed by atoms with Gasteiger partial charge in [0.2, 0.25) is 0 Å². The summed E-state index contributed by atoms with van der Waals surface area (Å²) in [4.78, 5) is 2.32. The predicted octanol–water partition coefficient (Wildman–Crippen LogP) is -0.286. The van der Waals surface area contributed by atoms with Crippen LogP contribution in [0.15, 0.2) is 18.5 Å². The fraction of sp³-hybridized carbons (Fsp3) is 0.700. The lowest BCUT2D eigenvalue weighted by atomic mass is 10.2. The third-order valence-corrected chi connectivity index (χ3v) is 2.93. The van der Waals surface area contributed by atoms with E-state index in [9.17, 15) is 0 Å². The second-order valence-electron chi connectivity index (χ2n) is 3.88. The summed E-state index contributed by atoms with van der Waals surface area (Å²) in [5.74, 6) is 0. The number of nitrogens with zero attached hydrogens (tertiary/aromatic N) is 3. The molecule has 2 N–H and O–H groups in total. The normalized spacial score (nSPS) is 27.3. The number of hydrogen-bond acceptors (Lipinski definition) is 4. The Kier molecular flexibility index (Phi) is 3.35. The van der Waals surface area contributed by atoms with Crippen LogP contribution in [0.4, 0.5) is 0 Å². The van der Waals surface area contributed by atoms with E-state index in [-0.39, 0.29) is 6.10 Å². The van der Waals surface area contributed by atoms with Crippen molar-refractivity contribution in [1.82, 2.24) is 14.7 Å². The zero-order valence-electron chi connectivity index (χ0n) is 9.04. The standard InChI is InChI=1S/C10H18N4O/c1-15-10-8-13(6-3-11)7-9(10)14-5-2-4-12-14/h2,4-5,9-10H,3,6-8,11H2,1H3/t9-,10+/m0/s1. The summed E-state index contributed by atoms with van der Waals surface area (Å²) in [6, 6.07) is 2.26. The molecule has 5 heteroatoms. The van der Waals surface area contributed by atoms with Gasteiger partial charge in [0.1, 0.15) is 0 Å². The number of likely N-dealkylation sites (tertiary alicyclic amines) is 1. The molecule has 2 rings (SSSR count). The largest absolute Gasteiger partial charge is 0.378 e. The first-order valence-electron chi connectivity index (χ1n) is 5.29. The molecule has 0 unspecified atom stereocenters. The van der Waals surface area contributed by atoms with E-state index in [0.29, 0.717) is 12.6 Å². The molecule has 0 amide bonds. The molecule has 15 heavy (non-hydrogen) atoms. The highest BCUT2D eigenvalue weighted by Gasteiger charge is 2.33. The molecule has 1 aromatic heterocycles. The highest BCUT2D eigenvalue weighted by Crippen LogP contribution is 2.22. The lowest BCUT2D eigenvalue weighted by molar-refractivity contribution is 0.0783. The molecule has 0 bridgehead atoms. The minimum absolute atomic E-state index is 0.219. The van der Waals surface area contributed by atoms with Gasteiger partial charge in [-0.2, -0.15) is 5.10 Å². The van der Waals surface area contributed by atoms with Crippen LogP contribution in [0.5, 0.6) is 0 Å². The van der Waals surface area contributed by atoms with Crippen molar-refractivity contribution >= 4 is 0 Å². The third-order valence-electron chi connectivity index (χ3n) is 2.93. The van der Waals surface area contributed by atoms with Crippen molar-refractivity contribution in [3.05, 3.63) is 18.5 Å². The van der Waals surface area contributed by atoms with E-state index in [1.54, 1.807) is 13.3 Å². The van der Waals surface area contributed by atoms with Crippen molar-refractivity contribution in [1.29, 1.82) is 0 Å². The van der Waals surface area contributed by atoms with Gasteiger partial charge >= 0.3 is 0 Å². The number of aromatic nitrogens is 2. The zero-order valence-corrected chi connectivity index (χ0v) is 9.04. The van der Waals surface area contributed by atoms with Gasteiger partial charge in [-0.25, -0.2) is 0 Å². The van der Waals surface area contributed by atoms with E-state index in [0.717, 1.165) is 19.6 Å². The van der Waals surface area contributed by atoms with Gasteiger partial charge in [-0.1, -0.05) is 0 Å². The maximum Gasteiger partial charge on any atom is 0.0934 e. The molecule has 1 saturated heterocycles. The fourth-order valence-corrected chi connectivity index (χ4v) is 2.16. The van der Waals surface area contributed by atoms with Crippen LogP contribution < -0.4 is 5.73 Å².